The van der Waals surface area contributed by atoms with Crippen molar-refractivity contribution in [3.8, 4) is 0 Å². The van der Waals surface area contributed by atoms with E-state index < -0.39 is 6.09 Å². The molecule has 7 heteroatoms. The summed E-state index contributed by atoms with van der Waals surface area (Å²) in [7, 11) is 1.34. The third kappa shape index (κ3) is 4.12. The summed E-state index contributed by atoms with van der Waals surface area (Å²) in [4.78, 5) is 13.6. The number of hydrogen-bond donors (Lipinski definition) is 2. The fraction of sp³-hybridized carbons (Fsp3) is 0.429. The molecule has 2 rings (SSSR count). The van der Waals surface area contributed by atoms with E-state index in [2.05, 4.69) is 15.0 Å². The smallest absolute Gasteiger partial charge is 0.407 e. The van der Waals surface area contributed by atoms with Gasteiger partial charge in [0.25, 0.3) is 0 Å². The topological polar surface area (TPSA) is 67.6 Å². The third-order valence-corrected chi connectivity index (χ3v) is 3.73. The van der Waals surface area contributed by atoms with Gasteiger partial charge in [0.05, 0.1) is 7.11 Å². The minimum absolute atomic E-state index is 0.0410. The maximum Gasteiger partial charge on any atom is 0.407 e. The van der Waals surface area contributed by atoms with Gasteiger partial charge in [-0.25, -0.2) is 9.18 Å². The van der Waals surface area contributed by atoms with Crippen molar-refractivity contribution in [1.29, 1.82) is 0 Å². The number of rotatable bonds is 4. The highest BCUT2D eigenvalue weighted by atomic mass is 32.1. The van der Waals surface area contributed by atoms with E-state index >= 15 is 0 Å². The quantitative estimate of drug-likeness (QED) is 0.823. The summed E-state index contributed by atoms with van der Waals surface area (Å²) in [5.74, 6) is -0.312. The molecule has 0 spiro atoms. The van der Waals surface area contributed by atoms with E-state index in [0.717, 1.165) is 18.5 Å². The van der Waals surface area contributed by atoms with Gasteiger partial charge in [-0.3, -0.25) is 4.90 Å². The van der Waals surface area contributed by atoms with E-state index in [1.165, 1.54) is 19.2 Å². The number of nitrogens with two attached hydrogens (primary N) is 1. The molecule has 1 aromatic rings. The number of benzene rings is 1. The number of nitrogens with zero attached hydrogens (tertiary/aromatic N) is 1. The normalized spacial score (nSPS) is 18.5. The van der Waals surface area contributed by atoms with Gasteiger partial charge in [0, 0.05) is 31.2 Å². The van der Waals surface area contributed by atoms with Crippen LogP contribution in [-0.2, 0) is 11.3 Å². The fourth-order valence-corrected chi connectivity index (χ4v) is 2.69. The first-order valence-electron chi connectivity index (χ1n) is 6.64. The lowest BCUT2D eigenvalue weighted by molar-refractivity contribution is 0.166. The summed E-state index contributed by atoms with van der Waals surface area (Å²) in [6.07, 6.45) is 0.392. The Bertz CT molecular complexity index is 553. The summed E-state index contributed by atoms with van der Waals surface area (Å²) in [6, 6.07) is 4.45. The predicted octanol–water partition coefficient (Wildman–Crippen LogP) is 1.39. The Kier molecular flexibility index (Phi) is 5.08. The molecule has 0 saturated carbocycles. The van der Waals surface area contributed by atoms with E-state index in [1.807, 2.05) is 0 Å². The number of alkyl carbamates (subject to hydrolysis) is 1. The number of amides is 1. The van der Waals surface area contributed by atoms with Crippen molar-refractivity contribution in [2.24, 2.45) is 5.73 Å². The Labute approximate surface area is 128 Å². The fourth-order valence-electron chi connectivity index (χ4n) is 2.49. The van der Waals surface area contributed by atoms with Gasteiger partial charge < -0.3 is 15.8 Å². The third-order valence-electron chi connectivity index (χ3n) is 3.51. The van der Waals surface area contributed by atoms with Gasteiger partial charge in [0.15, 0.2) is 0 Å². The average molecular weight is 311 g/mol. The van der Waals surface area contributed by atoms with Crippen molar-refractivity contribution in [2.75, 3.05) is 20.2 Å². The Morgan fingerprint density at radius 2 is 2.38 bits per heavy atom. The molecule has 1 aliphatic heterocycles. The summed E-state index contributed by atoms with van der Waals surface area (Å²) in [6.45, 7) is 2.04. The van der Waals surface area contributed by atoms with Crippen LogP contribution in [0.15, 0.2) is 18.2 Å². The molecule has 1 heterocycles. The van der Waals surface area contributed by atoms with Crippen molar-refractivity contribution in [1.82, 2.24) is 10.2 Å². The van der Waals surface area contributed by atoms with Crippen molar-refractivity contribution < 1.29 is 13.9 Å². The highest BCUT2D eigenvalue weighted by molar-refractivity contribution is 7.80. The first-order valence-corrected chi connectivity index (χ1v) is 7.05. The van der Waals surface area contributed by atoms with E-state index in [0.29, 0.717) is 18.7 Å². The molecule has 5 nitrogen and oxygen atoms in total. The Hall–Kier alpha value is -1.73. The Morgan fingerprint density at radius 3 is 3.05 bits per heavy atom. The molecule has 1 atom stereocenters. The molecule has 1 unspecified atom stereocenters. The Morgan fingerprint density at radius 1 is 1.62 bits per heavy atom. The van der Waals surface area contributed by atoms with Gasteiger partial charge in [-0.1, -0.05) is 12.2 Å². The number of carbonyl (C=O) groups is 1. The lowest BCUT2D eigenvalue weighted by Gasteiger charge is -2.18. The van der Waals surface area contributed by atoms with Crippen LogP contribution in [0.4, 0.5) is 9.18 Å². The number of hydrogen-bond acceptors (Lipinski definition) is 4. The molecule has 0 aromatic heterocycles. The van der Waals surface area contributed by atoms with Crippen LogP contribution in [-0.4, -0.2) is 42.2 Å². The van der Waals surface area contributed by atoms with Crippen LogP contribution < -0.4 is 11.1 Å². The molecule has 3 N–H and O–H groups in total. The van der Waals surface area contributed by atoms with Crippen LogP contribution in [0, 0.1) is 5.82 Å². The lowest BCUT2D eigenvalue weighted by Crippen LogP contribution is -2.36. The van der Waals surface area contributed by atoms with Crippen LogP contribution in [0.3, 0.4) is 0 Å². The molecule has 0 aliphatic carbocycles. The number of ether oxygens (including phenoxy) is 1. The van der Waals surface area contributed by atoms with Crippen LogP contribution >= 0.6 is 12.2 Å². The molecule has 1 aromatic carbocycles. The second-order valence-electron chi connectivity index (χ2n) is 5.02. The summed E-state index contributed by atoms with van der Waals surface area (Å²) in [5, 5.41) is 2.77. The lowest BCUT2D eigenvalue weighted by atomic mass is 10.1. The zero-order valence-electron chi connectivity index (χ0n) is 11.8. The first kappa shape index (κ1) is 15.7. The number of thiocarbonyl (C=S) groups is 1. The standard InChI is InChI=1S/C14H18FN3O2S/c1-20-14(19)17-11-4-5-18(8-11)7-9-6-10(15)2-3-12(9)13(16)21/h2-3,6,11H,4-5,7-8H2,1H3,(H2,16,21)(H,17,19). The van der Waals surface area contributed by atoms with Gasteiger partial charge >= 0.3 is 6.09 Å². The van der Waals surface area contributed by atoms with Gasteiger partial charge in [0.2, 0.25) is 0 Å². The zero-order valence-corrected chi connectivity index (χ0v) is 12.6. The molecular weight excluding hydrogens is 293 g/mol. The highest BCUT2D eigenvalue weighted by Gasteiger charge is 2.24. The molecule has 114 valence electrons. The molecule has 1 aliphatic rings. The SMILES string of the molecule is COC(=O)NC1CCN(Cc2cc(F)ccc2C(N)=S)C1. The van der Waals surface area contributed by atoms with Crippen molar-refractivity contribution >= 4 is 23.3 Å². The second kappa shape index (κ2) is 6.82. The number of nitrogens with one attached hydrogen (secondary N) is 1. The van der Waals surface area contributed by atoms with E-state index in [4.69, 9.17) is 18.0 Å². The van der Waals surface area contributed by atoms with Crippen LogP contribution in [0.2, 0.25) is 0 Å². The largest absolute Gasteiger partial charge is 0.453 e. The minimum atomic E-state index is -0.434. The molecule has 1 fully saturated rings. The Balaban J connectivity index is 2.01. The minimum Gasteiger partial charge on any atom is -0.453 e. The highest BCUT2D eigenvalue weighted by Crippen LogP contribution is 2.18. The number of carbonyl (C=O) groups excluding carboxylic acids is 1. The summed E-state index contributed by atoms with van der Waals surface area (Å²) < 4.78 is 18.0. The molecule has 0 radical (unpaired) electrons. The average Bonchev–Trinajstić information content (AvgIpc) is 2.85. The van der Waals surface area contributed by atoms with E-state index in [9.17, 15) is 9.18 Å². The van der Waals surface area contributed by atoms with E-state index in [-0.39, 0.29) is 16.8 Å². The maximum atomic E-state index is 13.4. The van der Waals surface area contributed by atoms with Crippen molar-refractivity contribution in [3.63, 3.8) is 0 Å². The van der Waals surface area contributed by atoms with Crippen molar-refractivity contribution in [2.45, 2.75) is 19.0 Å². The molecule has 1 saturated heterocycles. The van der Waals surface area contributed by atoms with E-state index in [1.54, 1.807) is 6.07 Å². The molecule has 1 amide bonds. The van der Waals surface area contributed by atoms with Crippen LogP contribution in [0.25, 0.3) is 0 Å². The van der Waals surface area contributed by atoms with Gasteiger partial charge in [-0.05, 0) is 30.2 Å². The maximum absolute atomic E-state index is 13.4. The molecular formula is C14H18FN3O2S. The molecule has 0 bridgehead atoms. The monoisotopic (exact) mass is 311 g/mol. The number of halogens is 1. The number of likely N-dealkylation sites (tertiary alicyclic amines) is 1. The zero-order chi connectivity index (χ0) is 15.4. The first-order chi connectivity index (χ1) is 9.99. The van der Waals surface area contributed by atoms with Crippen LogP contribution in [0.5, 0.6) is 0 Å². The summed E-state index contributed by atoms with van der Waals surface area (Å²) in [5.41, 5.74) is 7.12. The summed E-state index contributed by atoms with van der Waals surface area (Å²) >= 11 is 4.99. The predicted molar refractivity (Wildman–Crippen MR) is 81.5 cm³/mol. The molecule has 21 heavy (non-hydrogen) atoms. The van der Waals surface area contributed by atoms with Gasteiger partial charge in [0.1, 0.15) is 10.8 Å². The second-order valence-corrected chi connectivity index (χ2v) is 5.46. The van der Waals surface area contributed by atoms with Crippen LogP contribution in [0.1, 0.15) is 17.5 Å². The number of methoxy groups -OCH3 is 1. The van der Waals surface area contributed by atoms with Gasteiger partial charge in [-0.2, -0.15) is 0 Å². The van der Waals surface area contributed by atoms with Gasteiger partial charge in [-0.15, -0.1) is 0 Å². The van der Waals surface area contributed by atoms with Crippen molar-refractivity contribution in [3.05, 3.63) is 35.1 Å².